The van der Waals surface area contributed by atoms with E-state index in [0.29, 0.717) is 28.8 Å². The number of rotatable bonds is 2. The molecular formula is C17H26ClN3O. The van der Waals surface area contributed by atoms with Crippen LogP contribution in [0.1, 0.15) is 50.0 Å². The van der Waals surface area contributed by atoms with Gasteiger partial charge in [0.15, 0.2) is 0 Å². The highest BCUT2D eigenvalue weighted by atomic mass is 35.5. The van der Waals surface area contributed by atoms with E-state index in [1.807, 2.05) is 16.5 Å². The highest BCUT2D eigenvalue weighted by Gasteiger charge is 2.36. The lowest BCUT2D eigenvalue weighted by molar-refractivity contribution is 0.0479. The van der Waals surface area contributed by atoms with E-state index in [1.165, 1.54) is 19.3 Å². The Morgan fingerprint density at radius 3 is 2.50 bits per heavy atom. The SMILES string of the molecule is CC1CCC(C)N1C1CCCN(C(=O)c2cc(Cl)cn2C)C1. The number of hydrogen-bond acceptors (Lipinski definition) is 2. The Morgan fingerprint density at radius 2 is 1.91 bits per heavy atom. The number of likely N-dealkylation sites (tertiary alicyclic amines) is 2. The van der Waals surface area contributed by atoms with Crippen molar-refractivity contribution < 1.29 is 4.79 Å². The summed E-state index contributed by atoms with van der Waals surface area (Å²) in [6, 6.07) is 3.55. The molecule has 2 aliphatic rings. The summed E-state index contributed by atoms with van der Waals surface area (Å²) in [4.78, 5) is 17.4. The number of hydrogen-bond donors (Lipinski definition) is 0. The molecule has 22 heavy (non-hydrogen) atoms. The highest BCUT2D eigenvalue weighted by Crippen LogP contribution is 2.30. The number of carbonyl (C=O) groups is 1. The topological polar surface area (TPSA) is 28.5 Å². The summed E-state index contributed by atoms with van der Waals surface area (Å²) in [5.74, 6) is 0.110. The van der Waals surface area contributed by atoms with Gasteiger partial charge in [-0.25, -0.2) is 0 Å². The molecule has 0 N–H and O–H groups in total. The van der Waals surface area contributed by atoms with Crippen molar-refractivity contribution in [1.82, 2.24) is 14.4 Å². The molecule has 2 saturated heterocycles. The standard InChI is InChI=1S/C17H26ClN3O/c1-12-6-7-13(2)21(12)15-5-4-8-20(11-15)17(22)16-9-14(18)10-19(16)3/h9-10,12-13,15H,4-8,11H2,1-3H3. The van der Waals surface area contributed by atoms with Gasteiger partial charge in [0.1, 0.15) is 5.69 Å². The van der Waals surface area contributed by atoms with Crippen molar-refractivity contribution in [2.24, 2.45) is 7.05 Å². The van der Waals surface area contributed by atoms with E-state index >= 15 is 0 Å². The van der Waals surface area contributed by atoms with Crippen LogP contribution in [0, 0.1) is 0 Å². The maximum Gasteiger partial charge on any atom is 0.270 e. The van der Waals surface area contributed by atoms with Gasteiger partial charge in [-0.1, -0.05) is 11.6 Å². The average molecular weight is 324 g/mol. The van der Waals surface area contributed by atoms with Gasteiger partial charge in [-0.3, -0.25) is 9.69 Å². The minimum absolute atomic E-state index is 0.110. The smallest absolute Gasteiger partial charge is 0.270 e. The quantitative estimate of drug-likeness (QED) is 0.836. The number of carbonyl (C=O) groups excluding carboxylic acids is 1. The van der Waals surface area contributed by atoms with Crippen molar-refractivity contribution >= 4 is 17.5 Å². The van der Waals surface area contributed by atoms with Crippen molar-refractivity contribution in [1.29, 1.82) is 0 Å². The largest absolute Gasteiger partial charge is 0.345 e. The molecule has 0 aliphatic carbocycles. The van der Waals surface area contributed by atoms with Crippen LogP contribution >= 0.6 is 11.6 Å². The fourth-order valence-corrected chi connectivity index (χ4v) is 4.47. The van der Waals surface area contributed by atoms with Crippen LogP contribution in [0.15, 0.2) is 12.3 Å². The summed E-state index contributed by atoms with van der Waals surface area (Å²) in [7, 11) is 1.88. The van der Waals surface area contributed by atoms with Crippen LogP contribution < -0.4 is 0 Å². The predicted octanol–water partition coefficient (Wildman–Crippen LogP) is 3.16. The van der Waals surface area contributed by atoms with Gasteiger partial charge >= 0.3 is 0 Å². The van der Waals surface area contributed by atoms with Gasteiger partial charge in [-0.05, 0) is 45.6 Å². The minimum atomic E-state index is 0.110. The van der Waals surface area contributed by atoms with E-state index in [2.05, 4.69) is 18.7 Å². The lowest BCUT2D eigenvalue weighted by atomic mass is 10.0. The molecule has 2 fully saturated rings. The maximum absolute atomic E-state index is 12.8. The molecule has 3 atom stereocenters. The number of aryl methyl sites for hydroxylation is 1. The molecule has 3 heterocycles. The predicted molar refractivity (Wildman–Crippen MR) is 89.3 cm³/mol. The Morgan fingerprint density at radius 1 is 1.23 bits per heavy atom. The van der Waals surface area contributed by atoms with E-state index in [4.69, 9.17) is 11.6 Å². The summed E-state index contributed by atoms with van der Waals surface area (Å²) >= 11 is 6.02. The molecule has 122 valence electrons. The number of amides is 1. The zero-order chi connectivity index (χ0) is 15.9. The lowest BCUT2D eigenvalue weighted by Gasteiger charge is -2.41. The maximum atomic E-state index is 12.8. The second-order valence-corrected chi connectivity index (χ2v) is 7.36. The Balaban J connectivity index is 1.73. The van der Waals surface area contributed by atoms with E-state index in [9.17, 15) is 4.79 Å². The van der Waals surface area contributed by atoms with E-state index in [1.54, 1.807) is 12.3 Å². The fraction of sp³-hybridized carbons (Fsp3) is 0.706. The number of aromatic nitrogens is 1. The minimum Gasteiger partial charge on any atom is -0.345 e. The first-order valence-electron chi connectivity index (χ1n) is 8.36. The van der Waals surface area contributed by atoms with Gasteiger partial charge in [0.2, 0.25) is 0 Å². The second kappa shape index (κ2) is 6.25. The van der Waals surface area contributed by atoms with Crippen molar-refractivity contribution in [2.45, 2.75) is 57.7 Å². The van der Waals surface area contributed by atoms with Crippen LogP contribution in [-0.4, -0.2) is 51.5 Å². The van der Waals surface area contributed by atoms with Crippen LogP contribution in [0.3, 0.4) is 0 Å². The molecule has 3 rings (SSSR count). The molecular weight excluding hydrogens is 298 g/mol. The summed E-state index contributed by atoms with van der Waals surface area (Å²) < 4.78 is 1.83. The zero-order valence-corrected chi connectivity index (χ0v) is 14.5. The van der Waals surface area contributed by atoms with Gasteiger partial charge in [0.05, 0.1) is 5.02 Å². The highest BCUT2D eigenvalue weighted by molar-refractivity contribution is 6.31. The van der Waals surface area contributed by atoms with Gasteiger partial charge < -0.3 is 9.47 Å². The third-order valence-corrected chi connectivity index (χ3v) is 5.52. The molecule has 1 aromatic heterocycles. The monoisotopic (exact) mass is 323 g/mol. The van der Waals surface area contributed by atoms with Gasteiger partial charge in [0, 0.05) is 44.5 Å². The first-order valence-corrected chi connectivity index (χ1v) is 8.73. The Labute approximate surface area is 138 Å². The normalized spacial score (nSPS) is 30.0. The van der Waals surface area contributed by atoms with Gasteiger partial charge in [0.25, 0.3) is 5.91 Å². The zero-order valence-electron chi connectivity index (χ0n) is 13.8. The van der Waals surface area contributed by atoms with Gasteiger partial charge in [-0.15, -0.1) is 0 Å². The van der Waals surface area contributed by atoms with Crippen LogP contribution in [0.25, 0.3) is 0 Å². The number of piperidine rings is 1. The molecule has 0 radical (unpaired) electrons. The summed E-state index contributed by atoms with van der Waals surface area (Å²) in [6.07, 6.45) is 6.63. The molecule has 2 aliphatic heterocycles. The fourth-order valence-electron chi connectivity index (χ4n) is 4.22. The van der Waals surface area contributed by atoms with Crippen LogP contribution in [0.2, 0.25) is 5.02 Å². The van der Waals surface area contributed by atoms with Crippen LogP contribution in [-0.2, 0) is 7.05 Å². The van der Waals surface area contributed by atoms with E-state index in [-0.39, 0.29) is 5.91 Å². The number of halogens is 1. The Kier molecular flexibility index (Phi) is 4.51. The molecule has 5 heteroatoms. The third-order valence-electron chi connectivity index (χ3n) is 5.32. The molecule has 0 aromatic carbocycles. The van der Waals surface area contributed by atoms with E-state index < -0.39 is 0 Å². The summed E-state index contributed by atoms with van der Waals surface area (Å²) in [5.41, 5.74) is 0.688. The number of nitrogens with zero attached hydrogens (tertiary/aromatic N) is 3. The molecule has 0 bridgehead atoms. The van der Waals surface area contributed by atoms with Crippen molar-refractivity contribution in [3.63, 3.8) is 0 Å². The van der Waals surface area contributed by atoms with Crippen molar-refractivity contribution in [2.75, 3.05) is 13.1 Å². The molecule has 1 aromatic rings. The van der Waals surface area contributed by atoms with Crippen LogP contribution in [0.4, 0.5) is 0 Å². The summed E-state index contributed by atoms with van der Waals surface area (Å²) in [5, 5.41) is 0.626. The molecule has 4 nitrogen and oxygen atoms in total. The molecule has 1 amide bonds. The Bertz CT molecular complexity index is 546. The van der Waals surface area contributed by atoms with Gasteiger partial charge in [-0.2, -0.15) is 0 Å². The summed E-state index contributed by atoms with van der Waals surface area (Å²) in [6.45, 7) is 6.34. The Hall–Kier alpha value is -1.00. The van der Waals surface area contributed by atoms with Crippen LogP contribution in [0.5, 0.6) is 0 Å². The molecule has 3 unspecified atom stereocenters. The third kappa shape index (κ3) is 2.91. The first kappa shape index (κ1) is 15.9. The first-order chi connectivity index (χ1) is 10.5. The van der Waals surface area contributed by atoms with E-state index in [0.717, 1.165) is 19.5 Å². The second-order valence-electron chi connectivity index (χ2n) is 6.92. The lowest BCUT2D eigenvalue weighted by Crippen LogP contribution is -2.52. The van der Waals surface area contributed by atoms with Crippen molar-refractivity contribution in [3.8, 4) is 0 Å². The molecule has 0 saturated carbocycles. The molecule has 0 spiro atoms. The van der Waals surface area contributed by atoms with Crippen molar-refractivity contribution in [3.05, 3.63) is 23.0 Å². The average Bonchev–Trinajstić information content (AvgIpc) is 3.00.